The number of amides is 1. The molecule has 1 aliphatic heterocycles. The summed E-state index contributed by atoms with van der Waals surface area (Å²) >= 11 is 3.19. The van der Waals surface area contributed by atoms with Crippen molar-refractivity contribution >= 4 is 39.7 Å². The summed E-state index contributed by atoms with van der Waals surface area (Å²) in [5.74, 6) is 0.892. The van der Waals surface area contributed by atoms with Crippen LogP contribution in [0.25, 0.3) is 0 Å². The van der Waals surface area contributed by atoms with Gasteiger partial charge in [-0.3, -0.25) is 4.79 Å². The molecule has 1 N–H and O–H groups in total. The second-order valence-electron chi connectivity index (χ2n) is 4.56. The standard InChI is InChI=1S/C15H13N3OS2/c16-9-11-5-7-21-15(11)17-14(19)10-18-6-8-20-13-4-2-1-3-12(13)18/h1-5,7H,6,8,10H2,(H,17,19). The number of thioether (sulfide) groups is 1. The fraction of sp³-hybridized carbons (Fsp3) is 0.200. The Bertz CT molecular complexity index is 705. The number of carbonyl (C=O) groups is 1. The highest BCUT2D eigenvalue weighted by atomic mass is 32.2. The summed E-state index contributed by atoms with van der Waals surface area (Å²) in [6, 6.07) is 11.9. The summed E-state index contributed by atoms with van der Waals surface area (Å²) < 4.78 is 0. The number of benzene rings is 1. The minimum atomic E-state index is -0.0874. The van der Waals surface area contributed by atoms with E-state index in [2.05, 4.69) is 22.4 Å². The van der Waals surface area contributed by atoms with Gasteiger partial charge in [-0.2, -0.15) is 5.26 Å². The Hall–Kier alpha value is -1.97. The lowest BCUT2D eigenvalue weighted by atomic mass is 10.2. The van der Waals surface area contributed by atoms with Crippen LogP contribution in [0.2, 0.25) is 0 Å². The summed E-state index contributed by atoms with van der Waals surface area (Å²) in [5.41, 5.74) is 1.62. The molecule has 1 aromatic carbocycles. The lowest BCUT2D eigenvalue weighted by Crippen LogP contribution is -2.36. The molecule has 0 aliphatic carbocycles. The van der Waals surface area contributed by atoms with Crippen molar-refractivity contribution in [1.29, 1.82) is 5.26 Å². The van der Waals surface area contributed by atoms with Crippen LogP contribution in [0.15, 0.2) is 40.6 Å². The van der Waals surface area contributed by atoms with Crippen LogP contribution in [0.3, 0.4) is 0 Å². The van der Waals surface area contributed by atoms with E-state index < -0.39 is 0 Å². The van der Waals surface area contributed by atoms with Crippen LogP contribution in [0.1, 0.15) is 5.56 Å². The van der Waals surface area contributed by atoms with Crippen LogP contribution in [-0.4, -0.2) is 24.7 Å². The predicted molar refractivity (Wildman–Crippen MR) is 87.0 cm³/mol. The topological polar surface area (TPSA) is 56.1 Å². The number of fused-ring (bicyclic) bond motifs is 1. The molecule has 2 heterocycles. The van der Waals surface area contributed by atoms with Crippen LogP contribution in [0, 0.1) is 11.3 Å². The molecule has 0 atom stereocenters. The predicted octanol–water partition coefficient (Wildman–Crippen LogP) is 3.17. The summed E-state index contributed by atoms with van der Waals surface area (Å²) in [7, 11) is 0. The monoisotopic (exact) mass is 315 g/mol. The fourth-order valence-corrected chi connectivity index (χ4v) is 4.03. The van der Waals surface area contributed by atoms with Crippen molar-refractivity contribution in [1.82, 2.24) is 0 Å². The largest absolute Gasteiger partial charge is 0.360 e. The van der Waals surface area contributed by atoms with Crippen LogP contribution in [-0.2, 0) is 4.79 Å². The van der Waals surface area contributed by atoms with Gasteiger partial charge in [-0.25, -0.2) is 0 Å². The molecule has 1 aromatic heterocycles. The van der Waals surface area contributed by atoms with Gasteiger partial charge in [-0.1, -0.05) is 12.1 Å². The Labute approximate surface area is 131 Å². The van der Waals surface area contributed by atoms with Gasteiger partial charge in [-0.15, -0.1) is 23.1 Å². The molecular weight excluding hydrogens is 302 g/mol. The Morgan fingerprint density at radius 1 is 1.38 bits per heavy atom. The molecule has 0 bridgehead atoms. The minimum absolute atomic E-state index is 0.0874. The van der Waals surface area contributed by atoms with E-state index in [-0.39, 0.29) is 5.91 Å². The molecule has 3 rings (SSSR count). The highest BCUT2D eigenvalue weighted by Crippen LogP contribution is 2.34. The molecule has 0 saturated carbocycles. The van der Waals surface area contributed by atoms with Gasteiger partial charge in [0.1, 0.15) is 11.1 Å². The van der Waals surface area contributed by atoms with Gasteiger partial charge in [0, 0.05) is 17.2 Å². The summed E-state index contributed by atoms with van der Waals surface area (Å²) in [5, 5.41) is 14.2. The van der Waals surface area contributed by atoms with Crippen LogP contribution in [0.5, 0.6) is 0 Å². The summed E-state index contributed by atoms with van der Waals surface area (Å²) in [6.07, 6.45) is 0. The van der Waals surface area contributed by atoms with Gasteiger partial charge in [0.2, 0.25) is 5.91 Å². The first-order valence-electron chi connectivity index (χ1n) is 6.52. The smallest absolute Gasteiger partial charge is 0.244 e. The number of nitriles is 1. The van der Waals surface area contributed by atoms with E-state index in [9.17, 15) is 4.79 Å². The quantitative estimate of drug-likeness (QED) is 0.945. The highest BCUT2D eigenvalue weighted by Gasteiger charge is 2.19. The molecule has 21 heavy (non-hydrogen) atoms. The molecule has 2 aromatic rings. The van der Waals surface area contributed by atoms with E-state index in [1.807, 2.05) is 30.0 Å². The zero-order valence-corrected chi connectivity index (χ0v) is 12.8. The maximum absolute atomic E-state index is 12.2. The first-order valence-corrected chi connectivity index (χ1v) is 8.38. The van der Waals surface area contributed by atoms with Crippen molar-refractivity contribution in [2.24, 2.45) is 0 Å². The first-order chi connectivity index (χ1) is 10.3. The lowest BCUT2D eigenvalue weighted by molar-refractivity contribution is -0.115. The Balaban J connectivity index is 1.70. The van der Waals surface area contributed by atoms with E-state index in [0.717, 1.165) is 18.0 Å². The van der Waals surface area contributed by atoms with Gasteiger partial charge < -0.3 is 10.2 Å². The van der Waals surface area contributed by atoms with E-state index in [4.69, 9.17) is 5.26 Å². The molecule has 1 amide bonds. The van der Waals surface area contributed by atoms with Crippen molar-refractivity contribution in [3.8, 4) is 6.07 Å². The van der Waals surface area contributed by atoms with E-state index in [0.29, 0.717) is 17.1 Å². The van der Waals surface area contributed by atoms with Gasteiger partial charge in [-0.05, 0) is 23.6 Å². The van der Waals surface area contributed by atoms with E-state index in [1.54, 1.807) is 11.4 Å². The average Bonchev–Trinajstić information content (AvgIpc) is 2.94. The number of hydrogen-bond donors (Lipinski definition) is 1. The van der Waals surface area contributed by atoms with Crippen LogP contribution < -0.4 is 10.2 Å². The Kier molecular flexibility index (Phi) is 4.13. The van der Waals surface area contributed by atoms with E-state index >= 15 is 0 Å². The van der Waals surface area contributed by atoms with Crippen molar-refractivity contribution < 1.29 is 4.79 Å². The Morgan fingerprint density at radius 2 is 2.24 bits per heavy atom. The van der Waals surface area contributed by atoms with Crippen molar-refractivity contribution in [2.75, 3.05) is 29.1 Å². The van der Waals surface area contributed by atoms with Gasteiger partial charge in [0.05, 0.1) is 17.8 Å². The van der Waals surface area contributed by atoms with Gasteiger partial charge in [0.25, 0.3) is 0 Å². The third kappa shape index (κ3) is 3.04. The molecule has 4 nitrogen and oxygen atoms in total. The van der Waals surface area contributed by atoms with Crippen LogP contribution >= 0.6 is 23.1 Å². The Morgan fingerprint density at radius 3 is 3.10 bits per heavy atom. The molecule has 0 saturated heterocycles. The number of nitrogens with one attached hydrogen (secondary N) is 1. The summed E-state index contributed by atoms with van der Waals surface area (Å²) in [6.45, 7) is 1.16. The maximum Gasteiger partial charge on any atom is 0.244 e. The van der Waals surface area contributed by atoms with Crippen molar-refractivity contribution in [3.63, 3.8) is 0 Å². The molecule has 0 fully saturated rings. The number of para-hydroxylation sites is 1. The molecule has 0 unspecified atom stereocenters. The number of nitrogens with zero attached hydrogens (tertiary/aromatic N) is 2. The van der Waals surface area contributed by atoms with Crippen molar-refractivity contribution in [3.05, 3.63) is 41.3 Å². The number of carbonyl (C=O) groups excluding carboxylic acids is 1. The van der Waals surface area contributed by atoms with Crippen LogP contribution in [0.4, 0.5) is 10.7 Å². The molecular formula is C15H13N3OS2. The normalized spacial score (nSPS) is 13.4. The number of rotatable bonds is 3. The molecule has 1 aliphatic rings. The molecule has 0 radical (unpaired) electrons. The van der Waals surface area contributed by atoms with Crippen molar-refractivity contribution in [2.45, 2.75) is 4.90 Å². The summed E-state index contributed by atoms with van der Waals surface area (Å²) in [4.78, 5) is 15.5. The first kappa shape index (κ1) is 14.0. The molecule has 106 valence electrons. The number of anilines is 2. The van der Waals surface area contributed by atoms with Gasteiger partial charge >= 0.3 is 0 Å². The third-order valence-electron chi connectivity index (χ3n) is 3.20. The zero-order chi connectivity index (χ0) is 14.7. The minimum Gasteiger partial charge on any atom is -0.360 e. The maximum atomic E-state index is 12.2. The average molecular weight is 315 g/mol. The highest BCUT2D eigenvalue weighted by molar-refractivity contribution is 7.99. The number of hydrogen-bond acceptors (Lipinski definition) is 5. The second-order valence-corrected chi connectivity index (χ2v) is 6.61. The second kappa shape index (κ2) is 6.20. The molecule has 6 heteroatoms. The molecule has 0 spiro atoms. The number of thiophene rings is 1. The third-order valence-corrected chi connectivity index (χ3v) is 5.07. The van der Waals surface area contributed by atoms with Gasteiger partial charge in [0.15, 0.2) is 0 Å². The fourth-order valence-electron chi connectivity index (χ4n) is 2.22. The van der Waals surface area contributed by atoms with E-state index in [1.165, 1.54) is 16.2 Å². The SMILES string of the molecule is N#Cc1ccsc1NC(=O)CN1CCSc2ccccc21. The zero-order valence-electron chi connectivity index (χ0n) is 11.2. The lowest BCUT2D eigenvalue weighted by Gasteiger charge is -2.30.